The molecule has 0 spiro atoms. The van der Waals surface area contributed by atoms with Crippen molar-refractivity contribution in [2.75, 3.05) is 43.4 Å². The summed E-state index contributed by atoms with van der Waals surface area (Å²) in [5.41, 5.74) is 3.43. The van der Waals surface area contributed by atoms with Crippen molar-refractivity contribution in [3.63, 3.8) is 0 Å². The van der Waals surface area contributed by atoms with Crippen LogP contribution in [0.3, 0.4) is 0 Å². The minimum atomic E-state index is -0.174. The SMILES string of the molecule is CN1CCN(c2ccc(C(=O)Nc3ccccc3C(C)(C)C)nc2)CC1. The summed E-state index contributed by atoms with van der Waals surface area (Å²) in [7, 11) is 2.14. The topological polar surface area (TPSA) is 48.5 Å². The maximum atomic E-state index is 12.6. The van der Waals surface area contributed by atoms with Crippen molar-refractivity contribution >= 4 is 17.3 Å². The predicted molar refractivity (Wildman–Crippen MR) is 107 cm³/mol. The number of hydrogen-bond acceptors (Lipinski definition) is 4. The molecule has 1 aliphatic heterocycles. The van der Waals surface area contributed by atoms with Crippen molar-refractivity contribution in [1.29, 1.82) is 0 Å². The van der Waals surface area contributed by atoms with Crippen LogP contribution in [0.5, 0.6) is 0 Å². The number of aromatic nitrogens is 1. The summed E-state index contributed by atoms with van der Waals surface area (Å²) in [5, 5.41) is 3.02. The molecule has 1 aromatic carbocycles. The molecule has 0 unspecified atom stereocenters. The normalized spacial score (nSPS) is 15.8. The number of carbonyl (C=O) groups is 1. The van der Waals surface area contributed by atoms with Gasteiger partial charge in [0.1, 0.15) is 5.69 Å². The molecule has 1 amide bonds. The number of rotatable bonds is 3. The van der Waals surface area contributed by atoms with Gasteiger partial charge in [0.25, 0.3) is 5.91 Å². The van der Waals surface area contributed by atoms with Gasteiger partial charge in [-0.15, -0.1) is 0 Å². The summed E-state index contributed by atoms with van der Waals surface area (Å²) >= 11 is 0. The Balaban J connectivity index is 1.71. The highest BCUT2D eigenvalue weighted by atomic mass is 16.1. The van der Waals surface area contributed by atoms with Gasteiger partial charge in [0, 0.05) is 31.9 Å². The molecule has 138 valence electrons. The molecule has 0 aliphatic carbocycles. The molecule has 0 radical (unpaired) electrons. The van der Waals surface area contributed by atoms with Gasteiger partial charge in [-0.2, -0.15) is 0 Å². The zero-order valence-electron chi connectivity index (χ0n) is 16.1. The molecule has 0 bridgehead atoms. The summed E-state index contributed by atoms with van der Waals surface area (Å²) in [6.45, 7) is 10.5. The van der Waals surface area contributed by atoms with Crippen LogP contribution in [-0.2, 0) is 5.41 Å². The number of amides is 1. The van der Waals surface area contributed by atoms with Gasteiger partial charge in [0.05, 0.1) is 11.9 Å². The van der Waals surface area contributed by atoms with E-state index in [-0.39, 0.29) is 11.3 Å². The van der Waals surface area contributed by atoms with Crippen LogP contribution in [0.4, 0.5) is 11.4 Å². The summed E-state index contributed by atoms with van der Waals surface area (Å²) in [4.78, 5) is 21.7. The second kappa shape index (κ2) is 7.46. The average molecular weight is 352 g/mol. The van der Waals surface area contributed by atoms with Crippen LogP contribution < -0.4 is 10.2 Å². The van der Waals surface area contributed by atoms with E-state index in [2.05, 4.69) is 54.0 Å². The number of nitrogens with one attached hydrogen (secondary N) is 1. The molecule has 1 aliphatic rings. The molecule has 26 heavy (non-hydrogen) atoms. The van der Waals surface area contributed by atoms with Crippen molar-refractivity contribution in [1.82, 2.24) is 9.88 Å². The van der Waals surface area contributed by atoms with Crippen LogP contribution in [-0.4, -0.2) is 49.0 Å². The molecule has 1 aromatic heterocycles. The van der Waals surface area contributed by atoms with E-state index in [0.29, 0.717) is 5.69 Å². The molecule has 1 fully saturated rings. The zero-order valence-corrected chi connectivity index (χ0v) is 16.1. The molecule has 2 heterocycles. The van der Waals surface area contributed by atoms with Gasteiger partial charge in [0.2, 0.25) is 0 Å². The Kier molecular flexibility index (Phi) is 5.28. The third-order valence-electron chi connectivity index (χ3n) is 4.83. The standard InChI is InChI=1S/C21H28N4O/c1-21(2,3)17-7-5-6-8-18(17)23-20(26)19-10-9-16(15-22-19)25-13-11-24(4)12-14-25/h5-10,15H,11-14H2,1-4H3,(H,23,26). The lowest BCUT2D eigenvalue weighted by molar-refractivity contribution is 0.102. The highest BCUT2D eigenvalue weighted by molar-refractivity contribution is 6.03. The summed E-state index contributed by atoms with van der Waals surface area (Å²) in [5.74, 6) is -0.174. The fourth-order valence-corrected chi connectivity index (χ4v) is 3.20. The van der Waals surface area contributed by atoms with E-state index in [4.69, 9.17) is 0 Å². The van der Waals surface area contributed by atoms with Gasteiger partial charge in [-0.1, -0.05) is 39.0 Å². The third kappa shape index (κ3) is 4.22. The van der Waals surface area contributed by atoms with Gasteiger partial charge in [-0.3, -0.25) is 4.79 Å². The first-order chi connectivity index (χ1) is 12.3. The van der Waals surface area contributed by atoms with Gasteiger partial charge in [0.15, 0.2) is 0 Å². The van der Waals surface area contributed by atoms with Crippen molar-refractivity contribution < 1.29 is 4.79 Å². The second-order valence-electron chi connectivity index (χ2n) is 7.94. The first-order valence-electron chi connectivity index (χ1n) is 9.15. The Hall–Kier alpha value is -2.40. The fourth-order valence-electron chi connectivity index (χ4n) is 3.20. The van der Waals surface area contributed by atoms with Crippen LogP contribution in [0.25, 0.3) is 0 Å². The molecule has 0 saturated carbocycles. The molecule has 3 rings (SSSR count). The second-order valence-corrected chi connectivity index (χ2v) is 7.94. The number of nitrogens with zero attached hydrogens (tertiary/aromatic N) is 3. The number of para-hydroxylation sites is 1. The molecule has 1 N–H and O–H groups in total. The number of hydrogen-bond donors (Lipinski definition) is 1. The number of piperazine rings is 1. The molecule has 2 aromatic rings. The molecule has 1 saturated heterocycles. The number of likely N-dealkylation sites (N-methyl/N-ethyl adjacent to an activating group) is 1. The lowest BCUT2D eigenvalue weighted by Crippen LogP contribution is -2.44. The monoisotopic (exact) mass is 352 g/mol. The van der Waals surface area contributed by atoms with E-state index < -0.39 is 0 Å². The van der Waals surface area contributed by atoms with Gasteiger partial charge in [-0.25, -0.2) is 4.98 Å². The molecular formula is C21H28N4O. The number of pyridine rings is 1. The minimum Gasteiger partial charge on any atom is -0.368 e. The lowest BCUT2D eigenvalue weighted by Gasteiger charge is -2.33. The van der Waals surface area contributed by atoms with Crippen LogP contribution in [0.15, 0.2) is 42.6 Å². The van der Waals surface area contributed by atoms with Crippen molar-refractivity contribution in [3.05, 3.63) is 53.9 Å². The first kappa shape index (κ1) is 18.4. The van der Waals surface area contributed by atoms with Gasteiger partial charge >= 0.3 is 0 Å². The lowest BCUT2D eigenvalue weighted by atomic mass is 9.86. The minimum absolute atomic E-state index is 0.0391. The maximum absolute atomic E-state index is 12.6. The Labute approximate surface area is 156 Å². The van der Waals surface area contributed by atoms with E-state index in [1.165, 1.54) is 0 Å². The van der Waals surface area contributed by atoms with Crippen LogP contribution in [0, 0.1) is 0 Å². The molecule has 0 atom stereocenters. The zero-order chi connectivity index (χ0) is 18.7. The first-order valence-corrected chi connectivity index (χ1v) is 9.15. The molecular weight excluding hydrogens is 324 g/mol. The largest absolute Gasteiger partial charge is 0.368 e. The van der Waals surface area contributed by atoms with Crippen molar-refractivity contribution in [2.45, 2.75) is 26.2 Å². The predicted octanol–water partition coefficient (Wildman–Crippen LogP) is 3.38. The van der Waals surface area contributed by atoms with Gasteiger partial charge in [-0.05, 0) is 36.2 Å². The van der Waals surface area contributed by atoms with E-state index in [0.717, 1.165) is 43.1 Å². The van der Waals surface area contributed by atoms with Gasteiger partial charge < -0.3 is 15.1 Å². The number of anilines is 2. The molecule has 5 heteroatoms. The van der Waals surface area contributed by atoms with E-state index in [9.17, 15) is 4.79 Å². The Morgan fingerprint density at radius 2 is 1.73 bits per heavy atom. The maximum Gasteiger partial charge on any atom is 0.274 e. The smallest absolute Gasteiger partial charge is 0.274 e. The fraction of sp³-hybridized carbons (Fsp3) is 0.429. The quantitative estimate of drug-likeness (QED) is 0.920. The highest BCUT2D eigenvalue weighted by Gasteiger charge is 2.20. The van der Waals surface area contributed by atoms with E-state index in [1.807, 2.05) is 30.3 Å². The number of carbonyl (C=O) groups excluding carboxylic acids is 1. The van der Waals surface area contributed by atoms with Crippen molar-refractivity contribution in [2.24, 2.45) is 0 Å². The summed E-state index contributed by atoms with van der Waals surface area (Å²) in [6.07, 6.45) is 1.80. The Morgan fingerprint density at radius 1 is 1.04 bits per heavy atom. The Bertz CT molecular complexity index is 756. The van der Waals surface area contributed by atoms with Crippen LogP contribution >= 0.6 is 0 Å². The van der Waals surface area contributed by atoms with E-state index >= 15 is 0 Å². The highest BCUT2D eigenvalue weighted by Crippen LogP contribution is 2.29. The average Bonchev–Trinajstić information content (AvgIpc) is 2.62. The number of benzene rings is 1. The van der Waals surface area contributed by atoms with E-state index in [1.54, 1.807) is 6.20 Å². The van der Waals surface area contributed by atoms with Crippen molar-refractivity contribution in [3.8, 4) is 0 Å². The Morgan fingerprint density at radius 3 is 2.35 bits per heavy atom. The third-order valence-corrected chi connectivity index (χ3v) is 4.83. The van der Waals surface area contributed by atoms with Crippen LogP contribution in [0.1, 0.15) is 36.8 Å². The summed E-state index contributed by atoms with van der Waals surface area (Å²) in [6, 6.07) is 11.7. The molecule has 5 nitrogen and oxygen atoms in total. The summed E-state index contributed by atoms with van der Waals surface area (Å²) < 4.78 is 0. The van der Waals surface area contributed by atoms with Crippen LogP contribution in [0.2, 0.25) is 0 Å².